The van der Waals surface area contributed by atoms with Crippen molar-refractivity contribution < 1.29 is 0 Å². The molecule has 46 valence electrons. The molecule has 0 aliphatic heterocycles. The van der Waals surface area contributed by atoms with Crippen LogP contribution in [0, 0.1) is 10.8 Å². The molecule has 0 N–H and O–H groups in total. The van der Waals surface area contributed by atoms with Gasteiger partial charge in [-0.25, -0.2) is 0 Å². The highest BCUT2D eigenvalue weighted by atomic mass is 16.3. The van der Waals surface area contributed by atoms with Gasteiger partial charge in [-0.05, 0) is 25.7 Å². The zero-order valence-corrected chi connectivity index (χ0v) is 5.35. The van der Waals surface area contributed by atoms with Gasteiger partial charge in [0.1, 0.15) is 5.54 Å². The molecule has 2 heteroatoms. The Morgan fingerprint density at radius 1 is 1.62 bits per heavy atom. The lowest BCUT2D eigenvalue weighted by Gasteiger charge is -2.36. The predicted molar refractivity (Wildman–Crippen MR) is 32.6 cm³/mol. The van der Waals surface area contributed by atoms with Crippen LogP contribution in [-0.2, 0) is 0 Å². The van der Waals surface area contributed by atoms with Crippen LogP contribution in [0.4, 0.5) is 0 Å². The first-order valence-electron chi connectivity index (χ1n) is 3.01. The van der Waals surface area contributed by atoms with E-state index < -0.39 is 0 Å². The third-order valence-corrected chi connectivity index (χ3v) is 1.80. The zero-order chi connectivity index (χ0) is 6.20. The fraction of sp³-hybridized carbons (Fsp3) is 1.00. The van der Waals surface area contributed by atoms with Crippen molar-refractivity contribution in [2.45, 2.75) is 32.2 Å². The van der Waals surface area contributed by atoms with Crippen molar-refractivity contribution in [2.75, 3.05) is 0 Å². The lowest BCUT2D eigenvalue weighted by Crippen LogP contribution is -2.37. The number of hydrogen-bond acceptors (Lipinski definition) is 2. The van der Waals surface area contributed by atoms with E-state index in [1.807, 2.05) is 6.92 Å². The number of nitroso groups, excluding NO2 is 1. The van der Waals surface area contributed by atoms with Crippen molar-refractivity contribution in [1.29, 1.82) is 0 Å². The third kappa shape index (κ3) is 0.746. The molecule has 0 aromatic heterocycles. The van der Waals surface area contributed by atoms with Gasteiger partial charge in [-0.1, -0.05) is 12.1 Å². The van der Waals surface area contributed by atoms with Gasteiger partial charge in [0.25, 0.3) is 0 Å². The van der Waals surface area contributed by atoms with E-state index in [0.717, 1.165) is 18.8 Å². The van der Waals surface area contributed by atoms with Crippen LogP contribution >= 0.6 is 0 Å². The molecule has 0 radical (unpaired) electrons. The quantitative estimate of drug-likeness (QED) is 0.478. The molecule has 0 spiro atoms. The van der Waals surface area contributed by atoms with Crippen molar-refractivity contribution in [3.05, 3.63) is 4.91 Å². The van der Waals surface area contributed by atoms with Crippen molar-refractivity contribution >= 4 is 0 Å². The van der Waals surface area contributed by atoms with Crippen molar-refractivity contribution in [2.24, 2.45) is 11.1 Å². The summed E-state index contributed by atoms with van der Waals surface area (Å²) in [6.45, 7) is 4.06. The van der Waals surface area contributed by atoms with Crippen molar-refractivity contribution in [3.63, 3.8) is 0 Å². The summed E-state index contributed by atoms with van der Waals surface area (Å²) >= 11 is 0. The lowest BCUT2D eigenvalue weighted by molar-refractivity contribution is 0.184. The summed E-state index contributed by atoms with van der Waals surface area (Å²) in [7, 11) is 0. The van der Waals surface area contributed by atoms with Crippen LogP contribution in [0.1, 0.15) is 26.7 Å². The molecule has 0 heterocycles. The van der Waals surface area contributed by atoms with E-state index in [4.69, 9.17) is 0 Å². The SMILES string of the molecule is CC1CC(C)(N=O)C1. The van der Waals surface area contributed by atoms with Gasteiger partial charge >= 0.3 is 0 Å². The van der Waals surface area contributed by atoms with Crippen LogP contribution in [0.5, 0.6) is 0 Å². The Bertz CT molecular complexity index is 105. The van der Waals surface area contributed by atoms with Crippen LogP contribution in [0.3, 0.4) is 0 Å². The molecule has 0 bridgehead atoms. The average molecular weight is 113 g/mol. The third-order valence-electron chi connectivity index (χ3n) is 1.80. The summed E-state index contributed by atoms with van der Waals surface area (Å²) in [4.78, 5) is 10.0. The monoisotopic (exact) mass is 113 g/mol. The van der Waals surface area contributed by atoms with E-state index in [2.05, 4.69) is 12.1 Å². The molecule has 0 aromatic carbocycles. The van der Waals surface area contributed by atoms with Crippen LogP contribution in [-0.4, -0.2) is 5.54 Å². The molecule has 0 amide bonds. The lowest BCUT2D eigenvalue weighted by atomic mass is 9.71. The molecular formula is C6H11NO. The topological polar surface area (TPSA) is 29.4 Å². The van der Waals surface area contributed by atoms with Gasteiger partial charge in [-0.15, -0.1) is 0 Å². The largest absolute Gasteiger partial charge is 0.150 e. The van der Waals surface area contributed by atoms with Gasteiger partial charge in [0.2, 0.25) is 0 Å². The molecule has 0 saturated heterocycles. The summed E-state index contributed by atoms with van der Waals surface area (Å²) in [6.07, 6.45) is 1.97. The Hall–Kier alpha value is -0.400. The van der Waals surface area contributed by atoms with Crippen LogP contribution in [0.25, 0.3) is 0 Å². The Labute approximate surface area is 49.3 Å². The summed E-state index contributed by atoms with van der Waals surface area (Å²) in [5.41, 5.74) is -0.195. The smallest absolute Gasteiger partial charge is 0.100 e. The van der Waals surface area contributed by atoms with Gasteiger partial charge in [-0.2, -0.15) is 4.91 Å². The first-order valence-corrected chi connectivity index (χ1v) is 3.01. The maximum atomic E-state index is 10.0. The fourth-order valence-electron chi connectivity index (χ4n) is 1.52. The van der Waals surface area contributed by atoms with Crippen LogP contribution in [0.15, 0.2) is 5.18 Å². The maximum Gasteiger partial charge on any atom is 0.100 e. The molecule has 1 aliphatic carbocycles. The zero-order valence-electron chi connectivity index (χ0n) is 5.35. The van der Waals surface area contributed by atoms with E-state index in [1.54, 1.807) is 0 Å². The second-order valence-corrected chi connectivity index (χ2v) is 3.10. The van der Waals surface area contributed by atoms with E-state index in [9.17, 15) is 4.91 Å². The fourth-order valence-corrected chi connectivity index (χ4v) is 1.52. The summed E-state index contributed by atoms with van der Waals surface area (Å²) in [5, 5.41) is 3.03. The van der Waals surface area contributed by atoms with Gasteiger partial charge in [0.05, 0.1) is 0 Å². The number of hydrogen-bond donors (Lipinski definition) is 0. The average Bonchev–Trinajstić information content (AvgIpc) is 1.63. The molecule has 0 aromatic rings. The molecule has 0 atom stereocenters. The van der Waals surface area contributed by atoms with Gasteiger partial charge in [0, 0.05) is 0 Å². The molecule has 1 rings (SSSR count). The van der Waals surface area contributed by atoms with E-state index >= 15 is 0 Å². The molecule has 8 heavy (non-hydrogen) atoms. The Kier molecular flexibility index (Phi) is 1.10. The van der Waals surface area contributed by atoms with Gasteiger partial charge in [0.15, 0.2) is 0 Å². The maximum absolute atomic E-state index is 10.0. The minimum atomic E-state index is -0.195. The Morgan fingerprint density at radius 3 is 2.25 bits per heavy atom. The standard InChI is InChI=1S/C6H11NO/c1-5-3-6(2,4-5)7-8/h5H,3-4H2,1-2H3. The van der Waals surface area contributed by atoms with E-state index in [1.165, 1.54) is 0 Å². The summed E-state index contributed by atoms with van der Waals surface area (Å²) < 4.78 is 0. The van der Waals surface area contributed by atoms with Crippen LogP contribution < -0.4 is 0 Å². The minimum absolute atomic E-state index is 0.195. The molecule has 0 unspecified atom stereocenters. The highest BCUT2D eigenvalue weighted by Gasteiger charge is 2.38. The molecule has 1 saturated carbocycles. The summed E-state index contributed by atoms with van der Waals surface area (Å²) in [5.74, 6) is 0.720. The Balaban J connectivity index is 2.40. The molecule has 1 aliphatic rings. The first kappa shape index (κ1) is 5.73. The van der Waals surface area contributed by atoms with Crippen molar-refractivity contribution in [1.82, 2.24) is 0 Å². The highest BCUT2D eigenvalue weighted by molar-refractivity contribution is 4.95. The van der Waals surface area contributed by atoms with Crippen molar-refractivity contribution in [3.8, 4) is 0 Å². The number of nitrogens with zero attached hydrogens (tertiary/aromatic N) is 1. The minimum Gasteiger partial charge on any atom is -0.150 e. The van der Waals surface area contributed by atoms with E-state index in [-0.39, 0.29) is 5.54 Å². The second kappa shape index (κ2) is 1.54. The molecule has 1 fully saturated rings. The first-order chi connectivity index (χ1) is 3.66. The van der Waals surface area contributed by atoms with E-state index in [0.29, 0.717) is 0 Å². The normalized spacial score (nSPS) is 45.5. The highest BCUT2D eigenvalue weighted by Crippen LogP contribution is 2.39. The second-order valence-electron chi connectivity index (χ2n) is 3.10. The molecule has 2 nitrogen and oxygen atoms in total. The number of rotatable bonds is 1. The predicted octanol–water partition coefficient (Wildman–Crippen LogP) is 1.94. The molecular weight excluding hydrogens is 102 g/mol. The van der Waals surface area contributed by atoms with Gasteiger partial charge < -0.3 is 0 Å². The Morgan fingerprint density at radius 2 is 2.12 bits per heavy atom. The summed E-state index contributed by atoms with van der Waals surface area (Å²) in [6, 6.07) is 0. The van der Waals surface area contributed by atoms with Crippen LogP contribution in [0.2, 0.25) is 0 Å². The van der Waals surface area contributed by atoms with Gasteiger partial charge in [-0.3, -0.25) is 0 Å².